The molecule has 0 amide bonds. The van der Waals surface area contributed by atoms with Gasteiger partial charge in [-0.3, -0.25) is 14.3 Å². The Bertz CT molecular complexity index is 673. The Labute approximate surface area is 113 Å². The summed E-state index contributed by atoms with van der Waals surface area (Å²) in [5.41, 5.74) is -1.01. The van der Waals surface area contributed by atoms with E-state index in [0.717, 1.165) is 0 Å². The fourth-order valence-electron chi connectivity index (χ4n) is 2.82. The zero-order chi connectivity index (χ0) is 14.1. The number of fused-ring (bicyclic) bond motifs is 2. The number of rotatable bonds is 1. The Morgan fingerprint density at radius 1 is 1.30 bits per heavy atom. The van der Waals surface area contributed by atoms with Crippen LogP contribution in [0.25, 0.3) is 0 Å². The van der Waals surface area contributed by atoms with E-state index in [1.165, 1.54) is 16.8 Å². The van der Waals surface area contributed by atoms with Gasteiger partial charge in [0.15, 0.2) is 12.0 Å². The molecule has 0 radical (unpaired) electrons. The summed E-state index contributed by atoms with van der Waals surface area (Å²) in [6, 6.07) is 1.26. The maximum absolute atomic E-state index is 11.9. The molecule has 3 fully saturated rings. The van der Waals surface area contributed by atoms with Crippen LogP contribution < -0.4 is 11.2 Å². The van der Waals surface area contributed by atoms with Crippen LogP contribution in [0.15, 0.2) is 21.9 Å². The zero-order valence-corrected chi connectivity index (χ0v) is 11.0. The molecule has 1 spiro atoms. The predicted octanol–water partition coefficient (Wildman–Crippen LogP) is -0.688. The average molecular weight is 282 g/mol. The van der Waals surface area contributed by atoms with Crippen molar-refractivity contribution < 1.29 is 18.9 Å². The number of H-pyrrole nitrogens is 1. The first-order chi connectivity index (χ1) is 9.40. The maximum Gasteiger partial charge on any atom is 0.330 e. The van der Waals surface area contributed by atoms with Gasteiger partial charge < -0.3 is 18.9 Å². The van der Waals surface area contributed by atoms with Crippen LogP contribution in [0.3, 0.4) is 0 Å². The second-order valence-electron chi connectivity index (χ2n) is 5.65. The van der Waals surface area contributed by atoms with E-state index in [1.807, 2.05) is 0 Å². The molecule has 4 atom stereocenters. The third kappa shape index (κ3) is 1.62. The third-order valence-corrected chi connectivity index (χ3v) is 3.72. The van der Waals surface area contributed by atoms with Crippen molar-refractivity contribution in [3.63, 3.8) is 0 Å². The van der Waals surface area contributed by atoms with Gasteiger partial charge in [0.2, 0.25) is 5.79 Å². The van der Waals surface area contributed by atoms with Crippen LogP contribution in [0.4, 0.5) is 0 Å². The van der Waals surface area contributed by atoms with Gasteiger partial charge in [-0.15, -0.1) is 0 Å². The van der Waals surface area contributed by atoms with Crippen LogP contribution in [-0.2, 0) is 18.9 Å². The summed E-state index contributed by atoms with van der Waals surface area (Å²) in [6.07, 6.45) is -0.148. The van der Waals surface area contributed by atoms with Crippen molar-refractivity contribution in [3.8, 4) is 0 Å². The standard InChI is InChI=1S/C12H14N2O6/c1-11(2)18-7-8(19-11)12(5-17-12)20-9(7)14-4-3-6(15)13-10(14)16/h3-4,7-9H,5H2,1-2H3,(H,13,15,16)/t7-,8+,9-,12?/m1/s1. The predicted molar refractivity (Wildman–Crippen MR) is 64.0 cm³/mol. The lowest BCUT2D eigenvalue weighted by molar-refractivity contribution is -0.217. The molecule has 108 valence electrons. The Hall–Kier alpha value is -1.48. The summed E-state index contributed by atoms with van der Waals surface area (Å²) in [6.45, 7) is 4.00. The molecule has 8 heteroatoms. The number of ether oxygens (including phenoxy) is 4. The summed E-state index contributed by atoms with van der Waals surface area (Å²) in [4.78, 5) is 25.2. The molecule has 1 unspecified atom stereocenters. The van der Waals surface area contributed by atoms with Gasteiger partial charge in [-0.25, -0.2) is 4.79 Å². The molecule has 8 nitrogen and oxygen atoms in total. The van der Waals surface area contributed by atoms with Gasteiger partial charge in [0.05, 0.1) is 0 Å². The molecular formula is C12H14N2O6. The minimum Gasteiger partial charge on any atom is -0.340 e. The molecule has 0 aliphatic carbocycles. The van der Waals surface area contributed by atoms with E-state index in [9.17, 15) is 9.59 Å². The number of nitrogens with one attached hydrogen (secondary N) is 1. The quantitative estimate of drug-likeness (QED) is 0.685. The van der Waals surface area contributed by atoms with Crippen LogP contribution in [-0.4, -0.2) is 39.9 Å². The van der Waals surface area contributed by atoms with Gasteiger partial charge in [0, 0.05) is 12.3 Å². The normalized spacial score (nSPS) is 41.0. The highest BCUT2D eigenvalue weighted by atomic mass is 16.9. The zero-order valence-electron chi connectivity index (χ0n) is 11.0. The number of hydrogen-bond donors (Lipinski definition) is 1. The van der Waals surface area contributed by atoms with Crippen molar-refractivity contribution in [1.82, 2.24) is 9.55 Å². The lowest BCUT2D eigenvalue weighted by atomic mass is 10.1. The summed E-state index contributed by atoms with van der Waals surface area (Å²) < 4.78 is 24.1. The van der Waals surface area contributed by atoms with Gasteiger partial charge in [-0.1, -0.05) is 0 Å². The molecule has 3 aliphatic heterocycles. The highest BCUT2D eigenvalue weighted by Crippen LogP contribution is 2.53. The molecule has 3 saturated heterocycles. The van der Waals surface area contributed by atoms with Gasteiger partial charge in [-0.2, -0.15) is 0 Å². The van der Waals surface area contributed by atoms with Crippen molar-refractivity contribution >= 4 is 0 Å². The molecule has 0 aromatic carbocycles. The fraction of sp³-hybridized carbons (Fsp3) is 0.667. The van der Waals surface area contributed by atoms with Crippen molar-refractivity contribution in [2.45, 2.75) is 43.9 Å². The highest BCUT2D eigenvalue weighted by molar-refractivity contribution is 5.07. The molecule has 3 aliphatic rings. The van der Waals surface area contributed by atoms with Crippen LogP contribution in [0.1, 0.15) is 20.1 Å². The van der Waals surface area contributed by atoms with Gasteiger partial charge in [0.1, 0.15) is 18.8 Å². The van der Waals surface area contributed by atoms with Crippen LogP contribution >= 0.6 is 0 Å². The molecule has 1 N–H and O–H groups in total. The maximum atomic E-state index is 11.9. The molecule has 1 aromatic rings. The Kier molecular flexibility index (Phi) is 2.20. The molecule has 0 bridgehead atoms. The average Bonchev–Trinajstić information content (AvgIpc) is 2.98. The van der Waals surface area contributed by atoms with Gasteiger partial charge in [-0.05, 0) is 13.8 Å². The monoisotopic (exact) mass is 282 g/mol. The molecule has 4 heterocycles. The second-order valence-corrected chi connectivity index (χ2v) is 5.65. The lowest BCUT2D eigenvalue weighted by Gasteiger charge is -2.23. The minimum atomic E-state index is -0.835. The number of aromatic amines is 1. The van der Waals surface area contributed by atoms with E-state index < -0.39 is 35.2 Å². The number of hydrogen-bond acceptors (Lipinski definition) is 6. The number of aromatic nitrogens is 2. The Morgan fingerprint density at radius 2 is 2.05 bits per heavy atom. The van der Waals surface area contributed by atoms with E-state index >= 15 is 0 Å². The SMILES string of the molecule is CC1(C)O[C@H]2[C@H](n3ccc(=O)[nH]c3=O)OC3(CO3)[C@H]2O1. The smallest absolute Gasteiger partial charge is 0.330 e. The first kappa shape index (κ1) is 12.3. The van der Waals surface area contributed by atoms with Crippen molar-refractivity contribution in [2.75, 3.05) is 6.61 Å². The van der Waals surface area contributed by atoms with Crippen molar-refractivity contribution in [3.05, 3.63) is 33.1 Å². The molecule has 4 rings (SSSR count). The van der Waals surface area contributed by atoms with E-state index in [2.05, 4.69) is 4.98 Å². The Balaban J connectivity index is 1.76. The molecular weight excluding hydrogens is 268 g/mol. The first-order valence-corrected chi connectivity index (χ1v) is 6.39. The molecule has 0 saturated carbocycles. The Morgan fingerprint density at radius 3 is 2.70 bits per heavy atom. The summed E-state index contributed by atoms with van der Waals surface area (Å²) in [7, 11) is 0. The van der Waals surface area contributed by atoms with Crippen LogP contribution in [0, 0.1) is 0 Å². The fourth-order valence-corrected chi connectivity index (χ4v) is 2.82. The van der Waals surface area contributed by atoms with Gasteiger partial charge in [0.25, 0.3) is 5.56 Å². The topological polar surface area (TPSA) is 95.1 Å². The van der Waals surface area contributed by atoms with E-state index in [-0.39, 0.29) is 6.10 Å². The second kappa shape index (κ2) is 3.59. The van der Waals surface area contributed by atoms with Gasteiger partial charge >= 0.3 is 5.69 Å². The molecule has 1 aromatic heterocycles. The van der Waals surface area contributed by atoms with E-state index in [0.29, 0.717) is 6.61 Å². The number of nitrogens with zero attached hydrogens (tertiary/aromatic N) is 1. The molecule has 20 heavy (non-hydrogen) atoms. The number of epoxide rings is 1. The van der Waals surface area contributed by atoms with E-state index in [4.69, 9.17) is 18.9 Å². The third-order valence-electron chi connectivity index (χ3n) is 3.72. The van der Waals surface area contributed by atoms with Crippen LogP contribution in [0.2, 0.25) is 0 Å². The van der Waals surface area contributed by atoms with Crippen LogP contribution in [0.5, 0.6) is 0 Å². The van der Waals surface area contributed by atoms with E-state index in [1.54, 1.807) is 13.8 Å². The first-order valence-electron chi connectivity index (χ1n) is 6.39. The minimum absolute atomic E-state index is 0.388. The summed E-state index contributed by atoms with van der Waals surface area (Å²) in [5.74, 6) is -1.60. The largest absolute Gasteiger partial charge is 0.340 e. The highest BCUT2D eigenvalue weighted by Gasteiger charge is 2.70. The summed E-state index contributed by atoms with van der Waals surface area (Å²) in [5, 5.41) is 0. The van der Waals surface area contributed by atoms with Crippen molar-refractivity contribution in [2.24, 2.45) is 0 Å². The summed E-state index contributed by atoms with van der Waals surface area (Å²) >= 11 is 0. The van der Waals surface area contributed by atoms with Crippen molar-refractivity contribution in [1.29, 1.82) is 0 Å². The lowest BCUT2D eigenvalue weighted by Crippen LogP contribution is -2.37.